The fourth-order valence-corrected chi connectivity index (χ4v) is 2.66. The summed E-state index contributed by atoms with van der Waals surface area (Å²) in [6.45, 7) is 1.81. The van der Waals surface area contributed by atoms with Gasteiger partial charge >= 0.3 is 0 Å². The molecule has 2 aromatic carbocycles. The quantitative estimate of drug-likeness (QED) is 0.491. The van der Waals surface area contributed by atoms with Gasteiger partial charge in [0.05, 0.1) is 11.0 Å². The standard InChI is InChI=1S/C16H15ClN2O3S/c1-10(11-3-5-12(17)6-4-11)18-16(20)14-9-13(23-2)7-8-15(14)19(21)22/h3-10H,1-2H3,(H,18,20). The third-order valence-electron chi connectivity index (χ3n) is 3.36. The van der Waals surface area contributed by atoms with E-state index in [0.717, 1.165) is 10.5 Å². The maximum atomic E-state index is 12.4. The van der Waals surface area contributed by atoms with Gasteiger partial charge in [-0.2, -0.15) is 0 Å². The van der Waals surface area contributed by atoms with Gasteiger partial charge in [-0.15, -0.1) is 11.8 Å². The first kappa shape index (κ1) is 17.3. The predicted molar refractivity (Wildman–Crippen MR) is 92.2 cm³/mol. The highest BCUT2D eigenvalue weighted by Gasteiger charge is 2.22. The van der Waals surface area contributed by atoms with Gasteiger partial charge in [-0.1, -0.05) is 23.7 Å². The molecule has 0 saturated carbocycles. The van der Waals surface area contributed by atoms with Crippen molar-refractivity contribution in [3.05, 3.63) is 68.7 Å². The van der Waals surface area contributed by atoms with E-state index >= 15 is 0 Å². The molecular weight excluding hydrogens is 336 g/mol. The lowest BCUT2D eigenvalue weighted by Gasteiger charge is -2.15. The van der Waals surface area contributed by atoms with Gasteiger partial charge in [-0.05, 0) is 43.0 Å². The Bertz CT molecular complexity index is 735. The van der Waals surface area contributed by atoms with Gasteiger partial charge in [0.15, 0.2) is 0 Å². The van der Waals surface area contributed by atoms with E-state index in [-0.39, 0.29) is 17.3 Å². The molecule has 23 heavy (non-hydrogen) atoms. The van der Waals surface area contributed by atoms with Gasteiger partial charge in [-0.25, -0.2) is 0 Å². The molecule has 1 unspecified atom stereocenters. The Kier molecular flexibility index (Phi) is 5.63. The normalized spacial score (nSPS) is 11.8. The first-order valence-electron chi connectivity index (χ1n) is 6.81. The van der Waals surface area contributed by atoms with Crippen LogP contribution in [0, 0.1) is 10.1 Å². The Balaban J connectivity index is 2.25. The molecular formula is C16H15ClN2O3S. The Morgan fingerprint density at radius 3 is 2.48 bits per heavy atom. The van der Waals surface area contributed by atoms with Crippen molar-refractivity contribution >= 4 is 35.0 Å². The Labute approximate surface area is 143 Å². The number of hydrogen-bond donors (Lipinski definition) is 1. The molecule has 1 atom stereocenters. The van der Waals surface area contributed by atoms with Crippen LogP contribution < -0.4 is 5.32 Å². The highest BCUT2D eigenvalue weighted by molar-refractivity contribution is 7.98. The van der Waals surface area contributed by atoms with Crippen LogP contribution in [0.2, 0.25) is 5.02 Å². The average Bonchev–Trinajstić information content (AvgIpc) is 2.54. The maximum absolute atomic E-state index is 12.4. The van der Waals surface area contributed by atoms with E-state index in [0.29, 0.717) is 5.02 Å². The number of halogens is 1. The number of thioether (sulfide) groups is 1. The van der Waals surface area contributed by atoms with Crippen molar-refractivity contribution in [3.8, 4) is 0 Å². The minimum absolute atomic E-state index is 0.0580. The van der Waals surface area contributed by atoms with Crippen molar-refractivity contribution in [3.63, 3.8) is 0 Å². The van der Waals surface area contributed by atoms with Crippen molar-refractivity contribution in [1.82, 2.24) is 5.32 Å². The second kappa shape index (κ2) is 7.48. The topological polar surface area (TPSA) is 72.2 Å². The van der Waals surface area contributed by atoms with Crippen LogP contribution in [0.5, 0.6) is 0 Å². The highest BCUT2D eigenvalue weighted by Crippen LogP contribution is 2.25. The number of nitrogens with zero attached hydrogens (tertiary/aromatic N) is 1. The van der Waals surface area contributed by atoms with Crippen LogP contribution in [0.25, 0.3) is 0 Å². The van der Waals surface area contributed by atoms with Crippen LogP contribution in [0.4, 0.5) is 5.69 Å². The lowest BCUT2D eigenvalue weighted by molar-refractivity contribution is -0.385. The third-order valence-corrected chi connectivity index (χ3v) is 4.34. The number of hydrogen-bond acceptors (Lipinski definition) is 4. The summed E-state index contributed by atoms with van der Waals surface area (Å²) in [7, 11) is 0. The molecule has 0 saturated heterocycles. The minimum Gasteiger partial charge on any atom is -0.345 e. The molecule has 2 rings (SSSR count). The van der Waals surface area contributed by atoms with Gasteiger partial charge in [0.25, 0.3) is 11.6 Å². The van der Waals surface area contributed by atoms with E-state index in [1.165, 1.54) is 23.9 Å². The second-order valence-electron chi connectivity index (χ2n) is 4.89. The molecule has 0 spiro atoms. The zero-order valence-electron chi connectivity index (χ0n) is 12.6. The minimum atomic E-state index is -0.550. The molecule has 0 aliphatic carbocycles. The molecule has 5 nitrogen and oxygen atoms in total. The molecule has 7 heteroatoms. The first-order valence-corrected chi connectivity index (χ1v) is 8.41. The summed E-state index contributed by atoms with van der Waals surface area (Å²) in [5.74, 6) is -0.477. The molecule has 2 aromatic rings. The molecule has 120 valence electrons. The largest absolute Gasteiger partial charge is 0.345 e. The Morgan fingerprint density at radius 2 is 1.91 bits per heavy atom. The van der Waals surface area contributed by atoms with Crippen molar-refractivity contribution in [2.45, 2.75) is 17.9 Å². The van der Waals surface area contributed by atoms with Crippen molar-refractivity contribution in [1.29, 1.82) is 0 Å². The maximum Gasteiger partial charge on any atom is 0.282 e. The van der Waals surface area contributed by atoms with Crippen LogP contribution in [0.3, 0.4) is 0 Å². The van der Waals surface area contributed by atoms with Gasteiger partial charge in [0.2, 0.25) is 0 Å². The van der Waals surface area contributed by atoms with Gasteiger partial charge in [0.1, 0.15) is 5.56 Å². The number of benzene rings is 2. The van der Waals surface area contributed by atoms with E-state index < -0.39 is 10.8 Å². The predicted octanol–water partition coefficient (Wildman–Crippen LogP) is 4.46. The van der Waals surface area contributed by atoms with Crippen molar-refractivity contribution in [2.75, 3.05) is 6.26 Å². The van der Waals surface area contributed by atoms with Crippen LogP contribution in [0.1, 0.15) is 28.9 Å². The van der Waals surface area contributed by atoms with Crippen LogP contribution >= 0.6 is 23.4 Å². The summed E-state index contributed by atoms with van der Waals surface area (Å²) in [4.78, 5) is 23.8. The van der Waals surface area contributed by atoms with Crippen LogP contribution in [-0.4, -0.2) is 17.1 Å². The number of carbonyl (C=O) groups excluding carboxylic acids is 1. The van der Waals surface area contributed by atoms with E-state index in [4.69, 9.17) is 11.6 Å². The Morgan fingerprint density at radius 1 is 1.26 bits per heavy atom. The molecule has 0 aliphatic heterocycles. The Hall–Kier alpha value is -2.05. The fourth-order valence-electron chi connectivity index (χ4n) is 2.09. The summed E-state index contributed by atoms with van der Waals surface area (Å²) in [5.41, 5.74) is 0.720. The lowest BCUT2D eigenvalue weighted by Crippen LogP contribution is -2.27. The average molecular weight is 351 g/mol. The number of nitro benzene ring substituents is 1. The van der Waals surface area contributed by atoms with Gasteiger partial charge in [0, 0.05) is 16.0 Å². The molecule has 1 N–H and O–H groups in total. The van der Waals surface area contributed by atoms with Crippen LogP contribution in [-0.2, 0) is 0 Å². The SMILES string of the molecule is CSc1ccc([N+](=O)[O-])c(C(=O)NC(C)c2ccc(Cl)cc2)c1. The second-order valence-corrected chi connectivity index (χ2v) is 6.20. The summed E-state index contributed by atoms with van der Waals surface area (Å²) < 4.78 is 0. The van der Waals surface area contributed by atoms with E-state index in [9.17, 15) is 14.9 Å². The number of nitrogens with one attached hydrogen (secondary N) is 1. The van der Waals surface area contributed by atoms with Crippen molar-refractivity contribution < 1.29 is 9.72 Å². The molecule has 0 aromatic heterocycles. The van der Waals surface area contributed by atoms with Gasteiger partial charge in [-0.3, -0.25) is 14.9 Å². The van der Waals surface area contributed by atoms with Gasteiger partial charge < -0.3 is 5.32 Å². The van der Waals surface area contributed by atoms with E-state index in [1.54, 1.807) is 30.3 Å². The van der Waals surface area contributed by atoms with E-state index in [2.05, 4.69) is 5.32 Å². The number of amides is 1. The number of nitro groups is 1. The smallest absolute Gasteiger partial charge is 0.282 e. The fraction of sp³-hybridized carbons (Fsp3) is 0.188. The molecule has 0 aliphatic rings. The molecule has 0 bridgehead atoms. The monoisotopic (exact) mass is 350 g/mol. The highest BCUT2D eigenvalue weighted by atomic mass is 35.5. The lowest BCUT2D eigenvalue weighted by atomic mass is 10.1. The zero-order valence-corrected chi connectivity index (χ0v) is 14.1. The molecule has 1 amide bonds. The number of carbonyl (C=O) groups is 1. The summed E-state index contributed by atoms with van der Waals surface area (Å²) in [5, 5.41) is 14.5. The summed E-state index contributed by atoms with van der Waals surface area (Å²) in [6, 6.07) is 11.3. The van der Waals surface area contributed by atoms with Crippen molar-refractivity contribution in [2.24, 2.45) is 0 Å². The number of rotatable bonds is 5. The van der Waals surface area contributed by atoms with Crippen LogP contribution in [0.15, 0.2) is 47.4 Å². The molecule has 0 radical (unpaired) electrons. The van der Waals surface area contributed by atoms with E-state index in [1.807, 2.05) is 13.2 Å². The first-order chi connectivity index (χ1) is 10.9. The molecule has 0 fully saturated rings. The summed E-state index contributed by atoms with van der Waals surface area (Å²) >= 11 is 7.26. The molecule has 0 heterocycles. The zero-order chi connectivity index (χ0) is 17.0. The third kappa shape index (κ3) is 4.24. The summed E-state index contributed by atoms with van der Waals surface area (Å²) in [6.07, 6.45) is 1.85.